The predicted molar refractivity (Wildman–Crippen MR) is 59.0 cm³/mol. The number of ether oxygens (including phenoxy) is 2. The molecule has 0 aromatic heterocycles. The summed E-state index contributed by atoms with van der Waals surface area (Å²) in [6.07, 6.45) is 1.08. The molecule has 0 saturated carbocycles. The Bertz CT molecular complexity index is 163. The number of carbonyl (C=O) groups is 1. The molecule has 90 valence electrons. The summed E-state index contributed by atoms with van der Waals surface area (Å²) in [4.78, 5) is 11.1. The molecule has 0 radical (unpaired) electrons. The van der Waals surface area contributed by atoms with E-state index in [4.69, 9.17) is 9.47 Å². The minimum absolute atomic E-state index is 0.156. The van der Waals surface area contributed by atoms with Gasteiger partial charge in [0.05, 0.1) is 12.7 Å². The molecule has 0 aliphatic heterocycles. The Morgan fingerprint density at radius 1 is 1.20 bits per heavy atom. The summed E-state index contributed by atoms with van der Waals surface area (Å²) in [7, 11) is 1.60. The maximum atomic E-state index is 11.1. The zero-order chi connectivity index (χ0) is 11.5. The van der Waals surface area contributed by atoms with Crippen LogP contribution in [0.5, 0.6) is 0 Å². The first kappa shape index (κ1) is 14.2. The number of nitrogens with one attached hydrogen (secondary N) is 2. The minimum atomic E-state index is -0.156. The second-order valence-corrected chi connectivity index (χ2v) is 3.45. The molecule has 0 heterocycles. The van der Waals surface area contributed by atoms with Crippen LogP contribution in [0.25, 0.3) is 0 Å². The molecule has 5 heteroatoms. The van der Waals surface area contributed by atoms with Gasteiger partial charge in [0.2, 0.25) is 0 Å². The Morgan fingerprint density at radius 2 is 1.87 bits per heavy atom. The maximum Gasteiger partial charge on any atom is 0.314 e. The number of hydrogen-bond donors (Lipinski definition) is 2. The summed E-state index contributed by atoms with van der Waals surface area (Å²) in [5.41, 5.74) is 0. The minimum Gasteiger partial charge on any atom is -0.383 e. The first-order valence-electron chi connectivity index (χ1n) is 5.29. The van der Waals surface area contributed by atoms with Gasteiger partial charge in [0, 0.05) is 26.8 Å². The predicted octanol–water partition coefficient (Wildman–Crippen LogP) is 0.747. The third-order valence-electron chi connectivity index (χ3n) is 1.65. The van der Waals surface area contributed by atoms with E-state index in [1.807, 2.05) is 13.8 Å². The van der Waals surface area contributed by atoms with Gasteiger partial charge >= 0.3 is 6.03 Å². The van der Waals surface area contributed by atoms with Crippen LogP contribution in [-0.4, -0.2) is 45.5 Å². The van der Waals surface area contributed by atoms with Crippen LogP contribution in [0.4, 0.5) is 4.79 Å². The highest BCUT2D eigenvalue weighted by Crippen LogP contribution is 1.88. The molecule has 0 unspecified atom stereocenters. The van der Waals surface area contributed by atoms with E-state index in [-0.39, 0.29) is 12.1 Å². The average molecular weight is 218 g/mol. The van der Waals surface area contributed by atoms with Crippen molar-refractivity contribution < 1.29 is 14.3 Å². The molecule has 0 aliphatic carbocycles. The van der Waals surface area contributed by atoms with Crippen LogP contribution >= 0.6 is 0 Å². The number of carbonyl (C=O) groups excluding carboxylic acids is 1. The quantitative estimate of drug-likeness (QED) is 0.591. The van der Waals surface area contributed by atoms with E-state index in [2.05, 4.69) is 10.6 Å². The van der Waals surface area contributed by atoms with E-state index in [0.29, 0.717) is 26.3 Å². The van der Waals surface area contributed by atoms with E-state index in [0.717, 1.165) is 6.42 Å². The number of urea groups is 1. The number of rotatable bonds is 8. The van der Waals surface area contributed by atoms with Crippen molar-refractivity contribution in [1.29, 1.82) is 0 Å². The zero-order valence-corrected chi connectivity index (χ0v) is 9.84. The van der Waals surface area contributed by atoms with Gasteiger partial charge in [-0.1, -0.05) is 0 Å². The Balaban J connectivity index is 3.17. The molecule has 0 rings (SSSR count). The van der Waals surface area contributed by atoms with E-state index in [1.54, 1.807) is 7.11 Å². The molecule has 0 spiro atoms. The highest BCUT2D eigenvalue weighted by molar-refractivity contribution is 5.73. The van der Waals surface area contributed by atoms with Crippen LogP contribution in [-0.2, 0) is 9.47 Å². The van der Waals surface area contributed by atoms with Gasteiger partial charge in [-0.2, -0.15) is 0 Å². The Kier molecular flexibility index (Phi) is 9.21. The first-order chi connectivity index (χ1) is 7.16. The van der Waals surface area contributed by atoms with Crippen LogP contribution < -0.4 is 10.6 Å². The molecule has 0 bridgehead atoms. The van der Waals surface area contributed by atoms with E-state index in [1.165, 1.54) is 0 Å². The van der Waals surface area contributed by atoms with Crippen molar-refractivity contribution in [2.45, 2.75) is 26.4 Å². The largest absolute Gasteiger partial charge is 0.383 e. The van der Waals surface area contributed by atoms with Gasteiger partial charge in [-0.25, -0.2) is 4.79 Å². The van der Waals surface area contributed by atoms with Crippen LogP contribution in [0, 0.1) is 0 Å². The number of methoxy groups -OCH3 is 1. The molecule has 5 nitrogen and oxygen atoms in total. The summed E-state index contributed by atoms with van der Waals surface area (Å²) in [5.74, 6) is 0. The van der Waals surface area contributed by atoms with Gasteiger partial charge in [-0.15, -0.1) is 0 Å². The van der Waals surface area contributed by atoms with Crippen molar-refractivity contribution in [2.75, 3.05) is 33.4 Å². The lowest BCUT2D eigenvalue weighted by atomic mass is 10.4. The fourth-order valence-electron chi connectivity index (χ4n) is 0.922. The van der Waals surface area contributed by atoms with E-state index >= 15 is 0 Å². The van der Waals surface area contributed by atoms with Gasteiger partial charge in [0.1, 0.15) is 0 Å². The van der Waals surface area contributed by atoms with E-state index in [9.17, 15) is 4.79 Å². The lowest BCUT2D eigenvalue weighted by Gasteiger charge is -2.09. The molecule has 0 atom stereocenters. The molecule has 0 saturated heterocycles. The number of hydrogen-bond acceptors (Lipinski definition) is 3. The van der Waals surface area contributed by atoms with Crippen LogP contribution in [0.2, 0.25) is 0 Å². The SMILES string of the molecule is COCCNC(=O)NCCCOC(C)C. The molecule has 2 N–H and O–H groups in total. The van der Waals surface area contributed by atoms with Crippen molar-refractivity contribution in [2.24, 2.45) is 0 Å². The molecule has 0 aliphatic rings. The topological polar surface area (TPSA) is 59.6 Å². The average Bonchev–Trinajstić information content (AvgIpc) is 2.17. The Hall–Kier alpha value is -0.810. The third-order valence-corrected chi connectivity index (χ3v) is 1.65. The molecule has 0 aromatic carbocycles. The van der Waals surface area contributed by atoms with Crippen LogP contribution in [0.1, 0.15) is 20.3 Å². The summed E-state index contributed by atoms with van der Waals surface area (Å²) in [5, 5.41) is 5.40. The lowest BCUT2D eigenvalue weighted by Crippen LogP contribution is -2.37. The zero-order valence-electron chi connectivity index (χ0n) is 9.84. The summed E-state index contributed by atoms with van der Waals surface area (Å²) in [6, 6.07) is -0.156. The highest BCUT2D eigenvalue weighted by Gasteiger charge is 1.98. The highest BCUT2D eigenvalue weighted by atomic mass is 16.5. The van der Waals surface area contributed by atoms with Gasteiger partial charge < -0.3 is 20.1 Å². The van der Waals surface area contributed by atoms with Gasteiger partial charge in [-0.3, -0.25) is 0 Å². The normalized spacial score (nSPS) is 10.4. The second kappa shape index (κ2) is 9.73. The summed E-state index contributed by atoms with van der Waals surface area (Å²) >= 11 is 0. The third kappa shape index (κ3) is 11.1. The van der Waals surface area contributed by atoms with Crippen molar-refractivity contribution >= 4 is 6.03 Å². The molecule has 0 aromatic rings. The van der Waals surface area contributed by atoms with Crippen molar-refractivity contribution in [3.8, 4) is 0 Å². The molecule has 15 heavy (non-hydrogen) atoms. The van der Waals surface area contributed by atoms with E-state index < -0.39 is 0 Å². The molecular formula is C10H22N2O3. The van der Waals surface area contributed by atoms with Crippen molar-refractivity contribution in [3.63, 3.8) is 0 Å². The lowest BCUT2D eigenvalue weighted by molar-refractivity contribution is 0.0774. The fourth-order valence-corrected chi connectivity index (χ4v) is 0.922. The van der Waals surface area contributed by atoms with Crippen molar-refractivity contribution in [1.82, 2.24) is 10.6 Å². The standard InChI is InChI=1S/C10H22N2O3/c1-9(2)15-7-4-5-11-10(13)12-6-8-14-3/h9H,4-8H2,1-3H3,(H2,11,12,13). The van der Waals surface area contributed by atoms with Crippen LogP contribution in [0.15, 0.2) is 0 Å². The van der Waals surface area contributed by atoms with Gasteiger partial charge in [0.25, 0.3) is 0 Å². The van der Waals surface area contributed by atoms with Crippen molar-refractivity contribution in [3.05, 3.63) is 0 Å². The second-order valence-electron chi connectivity index (χ2n) is 3.45. The summed E-state index contributed by atoms with van der Waals surface area (Å²) in [6.45, 7) is 6.35. The molecule has 0 fully saturated rings. The number of amides is 2. The smallest absolute Gasteiger partial charge is 0.314 e. The molecular weight excluding hydrogens is 196 g/mol. The van der Waals surface area contributed by atoms with Crippen LogP contribution in [0.3, 0.4) is 0 Å². The van der Waals surface area contributed by atoms with Gasteiger partial charge in [0.15, 0.2) is 0 Å². The summed E-state index contributed by atoms with van der Waals surface area (Å²) < 4.78 is 10.1. The first-order valence-corrected chi connectivity index (χ1v) is 5.29. The van der Waals surface area contributed by atoms with Gasteiger partial charge in [-0.05, 0) is 20.3 Å². The Morgan fingerprint density at radius 3 is 2.47 bits per heavy atom. The molecule has 2 amide bonds. The monoisotopic (exact) mass is 218 g/mol. The Labute approximate surface area is 91.5 Å². The maximum absolute atomic E-state index is 11.1. The fraction of sp³-hybridized carbons (Fsp3) is 0.900.